The molecule has 2 aliphatic heterocycles. The zero-order chi connectivity index (χ0) is 9.15. The molecule has 2 heterocycles. The highest BCUT2D eigenvalue weighted by Gasteiger charge is 2.37. The van der Waals surface area contributed by atoms with Crippen LogP contribution in [0, 0.1) is 0 Å². The molecule has 76 valence electrons. The minimum Gasteiger partial charge on any atom is -0.375 e. The predicted octanol–water partition coefficient (Wildman–Crippen LogP) is 1.87. The van der Waals surface area contributed by atoms with Gasteiger partial charge in [-0.2, -0.15) is 0 Å². The van der Waals surface area contributed by atoms with Crippen LogP contribution in [0.3, 0.4) is 0 Å². The molecule has 0 radical (unpaired) electrons. The standard InChI is InChI=1S/C10H18ClNO/c11-5-8-12-6-3-10(4-7-12)2-1-9-13-10/h1-9H2. The quantitative estimate of drug-likeness (QED) is 0.636. The lowest BCUT2D eigenvalue weighted by atomic mass is 9.89. The molecule has 0 saturated carbocycles. The monoisotopic (exact) mass is 203 g/mol. The molecule has 2 fully saturated rings. The molecule has 0 aromatic carbocycles. The van der Waals surface area contributed by atoms with Crippen LogP contribution in [0.4, 0.5) is 0 Å². The second-order valence-corrected chi connectivity index (χ2v) is 4.54. The van der Waals surface area contributed by atoms with Crippen LogP contribution in [0.25, 0.3) is 0 Å². The van der Waals surface area contributed by atoms with Gasteiger partial charge in [0.05, 0.1) is 5.60 Å². The summed E-state index contributed by atoms with van der Waals surface area (Å²) in [4.78, 5) is 2.44. The van der Waals surface area contributed by atoms with Gasteiger partial charge in [-0.25, -0.2) is 0 Å². The summed E-state index contributed by atoms with van der Waals surface area (Å²) in [5.74, 6) is 0.758. The van der Waals surface area contributed by atoms with Crippen molar-refractivity contribution in [2.75, 3.05) is 32.1 Å². The highest BCUT2D eigenvalue weighted by atomic mass is 35.5. The van der Waals surface area contributed by atoms with Crippen LogP contribution in [0.2, 0.25) is 0 Å². The van der Waals surface area contributed by atoms with E-state index in [0.29, 0.717) is 0 Å². The first-order chi connectivity index (χ1) is 6.35. The van der Waals surface area contributed by atoms with Crippen molar-refractivity contribution in [2.24, 2.45) is 0 Å². The third-order valence-electron chi connectivity index (χ3n) is 3.35. The van der Waals surface area contributed by atoms with E-state index in [4.69, 9.17) is 16.3 Å². The molecule has 2 aliphatic rings. The van der Waals surface area contributed by atoms with E-state index < -0.39 is 0 Å². The molecule has 1 spiro atoms. The van der Waals surface area contributed by atoms with Gasteiger partial charge < -0.3 is 9.64 Å². The average molecular weight is 204 g/mol. The molecule has 0 bridgehead atoms. The summed E-state index contributed by atoms with van der Waals surface area (Å²) in [6, 6.07) is 0. The number of halogens is 1. The van der Waals surface area contributed by atoms with Crippen molar-refractivity contribution in [3.05, 3.63) is 0 Å². The number of hydrogen-bond donors (Lipinski definition) is 0. The zero-order valence-corrected chi connectivity index (χ0v) is 8.85. The second kappa shape index (κ2) is 4.16. The molecule has 0 unspecified atom stereocenters. The van der Waals surface area contributed by atoms with Gasteiger partial charge in [0.15, 0.2) is 0 Å². The van der Waals surface area contributed by atoms with Crippen LogP contribution in [-0.4, -0.2) is 42.6 Å². The van der Waals surface area contributed by atoms with Crippen LogP contribution in [0.15, 0.2) is 0 Å². The average Bonchev–Trinajstić information content (AvgIpc) is 2.59. The Morgan fingerprint density at radius 3 is 2.54 bits per heavy atom. The zero-order valence-electron chi connectivity index (χ0n) is 8.10. The van der Waals surface area contributed by atoms with Crippen LogP contribution in [-0.2, 0) is 4.74 Å². The lowest BCUT2D eigenvalue weighted by molar-refractivity contribution is -0.0422. The molecule has 2 rings (SSSR count). The van der Waals surface area contributed by atoms with Gasteiger partial charge >= 0.3 is 0 Å². The highest BCUT2D eigenvalue weighted by Crippen LogP contribution is 2.35. The fraction of sp³-hybridized carbons (Fsp3) is 1.00. The summed E-state index contributed by atoms with van der Waals surface area (Å²) < 4.78 is 5.85. The van der Waals surface area contributed by atoms with E-state index in [1.165, 1.54) is 38.8 Å². The number of alkyl halides is 1. The van der Waals surface area contributed by atoms with Crippen molar-refractivity contribution < 1.29 is 4.74 Å². The minimum absolute atomic E-state index is 0.267. The Bertz CT molecular complexity index is 158. The van der Waals surface area contributed by atoms with E-state index in [0.717, 1.165) is 19.0 Å². The molecule has 0 aromatic rings. The van der Waals surface area contributed by atoms with Gasteiger partial charge in [0.25, 0.3) is 0 Å². The first-order valence-corrected chi connectivity index (χ1v) is 5.80. The Morgan fingerprint density at radius 2 is 2.00 bits per heavy atom. The van der Waals surface area contributed by atoms with Gasteiger partial charge in [-0.15, -0.1) is 11.6 Å². The molecular weight excluding hydrogens is 186 g/mol. The summed E-state index contributed by atoms with van der Waals surface area (Å²) in [6.45, 7) is 4.37. The van der Waals surface area contributed by atoms with E-state index in [1.54, 1.807) is 0 Å². The number of ether oxygens (including phenoxy) is 1. The van der Waals surface area contributed by atoms with Gasteiger partial charge in [0, 0.05) is 32.1 Å². The fourth-order valence-corrected chi connectivity index (χ4v) is 2.69. The molecule has 0 N–H and O–H groups in total. The Labute approximate surface area is 85.2 Å². The fourth-order valence-electron chi connectivity index (χ4n) is 2.45. The largest absolute Gasteiger partial charge is 0.375 e. The summed E-state index contributed by atoms with van der Waals surface area (Å²) in [7, 11) is 0. The molecular formula is C10H18ClNO. The Kier molecular flexibility index (Phi) is 3.12. The molecule has 2 nitrogen and oxygen atoms in total. The lowest BCUT2D eigenvalue weighted by Crippen LogP contribution is -2.44. The Hall–Kier alpha value is 0.210. The summed E-state index contributed by atoms with van der Waals surface area (Å²) >= 11 is 5.71. The van der Waals surface area contributed by atoms with Gasteiger partial charge in [0.2, 0.25) is 0 Å². The maximum Gasteiger partial charge on any atom is 0.0707 e. The van der Waals surface area contributed by atoms with Gasteiger partial charge in [-0.05, 0) is 25.7 Å². The van der Waals surface area contributed by atoms with E-state index >= 15 is 0 Å². The highest BCUT2D eigenvalue weighted by molar-refractivity contribution is 6.18. The summed E-state index contributed by atoms with van der Waals surface area (Å²) in [6.07, 6.45) is 4.96. The number of likely N-dealkylation sites (tertiary alicyclic amines) is 1. The van der Waals surface area contributed by atoms with E-state index in [9.17, 15) is 0 Å². The van der Waals surface area contributed by atoms with Gasteiger partial charge in [-0.3, -0.25) is 0 Å². The third-order valence-corrected chi connectivity index (χ3v) is 3.52. The lowest BCUT2D eigenvalue weighted by Gasteiger charge is -2.38. The Morgan fingerprint density at radius 1 is 1.23 bits per heavy atom. The van der Waals surface area contributed by atoms with Crippen LogP contribution in [0.1, 0.15) is 25.7 Å². The maximum absolute atomic E-state index is 5.85. The smallest absolute Gasteiger partial charge is 0.0707 e. The number of piperidine rings is 1. The minimum atomic E-state index is 0.267. The number of hydrogen-bond acceptors (Lipinski definition) is 2. The van der Waals surface area contributed by atoms with Crippen molar-refractivity contribution >= 4 is 11.6 Å². The van der Waals surface area contributed by atoms with Crippen molar-refractivity contribution in [1.29, 1.82) is 0 Å². The SMILES string of the molecule is ClCCN1CCC2(CCCO2)CC1. The predicted molar refractivity (Wildman–Crippen MR) is 54.3 cm³/mol. The van der Waals surface area contributed by atoms with Crippen molar-refractivity contribution in [2.45, 2.75) is 31.3 Å². The van der Waals surface area contributed by atoms with Crippen LogP contribution in [0.5, 0.6) is 0 Å². The number of rotatable bonds is 2. The normalized spacial score (nSPS) is 28.4. The maximum atomic E-state index is 5.85. The second-order valence-electron chi connectivity index (χ2n) is 4.17. The van der Waals surface area contributed by atoms with E-state index in [2.05, 4.69) is 4.90 Å². The summed E-state index contributed by atoms with van der Waals surface area (Å²) in [5.41, 5.74) is 0.267. The van der Waals surface area contributed by atoms with Gasteiger partial charge in [0.1, 0.15) is 0 Å². The van der Waals surface area contributed by atoms with Crippen molar-refractivity contribution in [1.82, 2.24) is 4.90 Å². The molecule has 0 amide bonds. The van der Waals surface area contributed by atoms with Gasteiger partial charge in [-0.1, -0.05) is 0 Å². The molecule has 13 heavy (non-hydrogen) atoms. The first kappa shape index (κ1) is 9.75. The van der Waals surface area contributed by atoms with Crippen molar-refractivity contribution in [3.8, 4) is 0 Å². The third kappa shape index (κ3) is 2.17. The molecule has 0 aromatic heterocycles. The molecule has 2 saturated heterocycles. The van der Waals surface area contributed by atoms with E-state index in [1.807, 2.05) is 0 Å². The van der Waals surface area contributed by atoms with Crippen molar-refractivity contribution in [3.63, 3.8) is 0 Å². The van der Waals surface area contributed by atoms with Crippen LogP contribution >= 0.6 is 11.6 Å². The Balaban J connectivity index is 1.81. The van der Waals surface area contributed by atoms with E-state index in [-0.39, 0.29) is 5.60 Å². The van der Waals surface area contributed by atoms with Crippen LogP contribution < -0.4 is 0 Å². The number of nitrogens with zero attached hydrogens (tertiary/aromatic N) is 1. The topological polar surface area (TPSA) is 12.5 Å². The molecule has 0 atom stereocenters. The molecule has 3 heteroatoms. The first-order valence-electron chi connectivity index (χ1n) is 5.27. The molecule has 0 aliphatic carbocycles. The summed E-state index contributed by atoms with van der Waals surface area (Å²) in [5, 5.41) is 0.